The molecule has 27 heavy (non-hydrogen) atoms. The summed E-state index contributed by atoms with van der Waals surface area (Å²) in [5.41, 5.74) is 0.377. The van der Waals surface area contributed by atoms with Crippen LogP contribution in [-0.2, 0) is 14.3 Å². The highest BCUT2D eigenvalue weighted by molar-refractivity contribution is 5.93. The van der Waals surface area contributed by atoms with E-state index in [0.29, 0.717) is 38.1 Å². The van der Waals surface area contributed by atoms with Crippen LogP contribution in [-0.4, -0.2) is 72.5 Å². The quantitative estimate of drug-likeness (QED) is 0.674. The van der Waals surface area contributed by atoms with E-state index in [1.54, 1.807) is 19.1 Å². The second-order valence-corrected chi connectivity index (χ2v) is 6.69. The molecule has 1 saturated heterocycles. The molecule has 3 amide bonds. The van der Waals surface area contributed by atoms with Crippen LogP contribution in [0, 0.1) is 5.92 Å². The van der Waals surface area contributed by atoms with E-state index >= 15 is 0 Å². The lowest BCUT2D eigenvalue weighted by molar-refractivity contribution is -0.135. The standard InChI is InChI=1S/C18H27N5O4/c1-23-11-15(22-18(26)14-9-19-12-20-10-14)5-3-4-13(8-16(23)24)17(25)21-6-7-27-2/h9-10,12-13,15H,3-8,11H2,1-2H3,(H,21,25)(H,22,26). The third-order valence-electron chi connectivity index (χ3n) is 4.58. The highest BCUT2D eigenvalue weighted by Gasteiger charge is 2.27. The summed E-state index contributed by atoms with van der Waals surface area (Å²) in [6.07, 6.45) is 6.45. The van der Waals surface area contributed by atoms with Crippen LogP contribution in [0.4, 0.5) is 0 Å². The van der Waals surface area contributed by atoms with E-state index in [9.17, 15) is 14.4 Å². The predicted octanol–water partition coefficient (Wildman–Crippen LogP) is -0.0138. The van der Waals surface area contributed by atoms with Crippen LogP contribution < -0.4 is 10.6 Å². The summed E-state index contributed by atoms with van der Waals surface area (Å²) in [7, 11) is 3.26. The number of nitrogens with zero attached hydrogens (tertiary/aromatic N) is 3. The first-order valence-electron chi connectivity index (χ1n) is 9.07. The molecular weight excluding hydrogens is 350 g/mol. The molecule has 0 aromatic carbocycles. The normalized spacial score (nSPS) is 21.0. The maximum Gasteiger partial charge on any atom is 0.254 e. The van der Waals surface area contributed by atoms with E-state index < -0.39 is 0 Å². The molecule has 0 bridgehead atoms. The number of nitrogens with one attached hydrogen (secondary N) is 2. The fraction of sp³-hybridized carbons (Fsp3) is 0.611. The summed E-state index contributed by atoms with van der Waals surface area (Å²) < 4.78 is 4.93. The number of hydrogen-bond donors (Lipinski definition) is 2. The number of methoxy groups -OCH3 is 1. The van der Waals surface area contributed by atoms with Gasteiger partial charge >= 0.3 is 0 Å². The van der Waals surface area contributed by atoms with Gasteiger partial charge in [-0.25, -0.2) is 9.97 Å². The second-order valence-electron chi connectivity index (χ2n) is 6.69. The maximum absolute atomic E-state index is 12.5. The van der Waals surface area contributed by atoms with Gasteiger partial charge in [0.25, 0.3) is 5.91 Å². The molecule has 148 valence electrons. The van der Waals surface area contributed by atoms with Gasteiger partial charge in [0.05, 0.1) is 12.2 Å². The summed E-state index contributed by atoms with van der Waals surface area (Å²) in [5, 5.41) is 5.74. The van der Waals surface area contributed by atoms with Gasteiger partial charge < -0.3 is 20.3 Å². The van der Waals surface area contributed by atoms with Crippen LogP contribution in [0.25, 0.3) is 0 Å². The Morgan fingerprint density at radius 3 is 2.74 bits per heavy atom. The lowest BCUT2D eigenvalue weighted by atomic mass is 9.96. The Morgan fingerprint density at radius 1 is 1.30 bits per heavy atom. The number of amides is 3. The van der Waals surface area contributed by atoms with Gasteiger partial charge in [-0.3, -0.25) is 14.4 Å². The minimum Gasteiger partial charge on any atom is -0.383 e. The van der Waals surface area contributed by atoms with Crippen LogP contribution in [0.2, 0.25) is 0 Å². The molecule has 2 N–H and O–H groups in total. The zero-order chi connectivity index (χ0) is 19.6. The van der Waals surface area contributed by atoms with E-state index in [4.69, 9.17) is 4.74 Å². The Hall–Kier alpha value is -2.55. The Labute approximate surface area is 158 Å². The Morgan fingerprint density at radius 2 is 2.04 bits per heavy atom. The minimum absolute atomic E-state index is 0.105. The van der Waals surface area contributed by atoms with Gasteiger partial charge in [-0.2, -0.15) is 0 Å². The minimum atomic E-state index is -0.367. The first-order valence-corrected chi connectivity index (χ1v) is 9.07. The molecule has 0 saturated carbocycles. The van der Waals surface area contributed by atoms with Crippen molar-refractivity contribution in [3.63, 3.8) is 0 Å². The van der Waals surface area contributed by atoms with Crippen LogP contribution in [0.15, 0.2) is 18.7 Å². The molecule has 0 spiro atoms. The molecule has 0 radical (unpaired) electrons. The molecule has 9 nitrogen and oxygen atoms in total. The Balaban J connectivity index is 1.96. The van der Waals surface area contributed by atoms with Crippen molar-refractivity contribution in [2.24, 2.45) is 5.92 Å². The average molecular weight is 377 g/mol. The molecule has 1 fully saturated rings. The van der Waals surface area contributed by atoms with Crippen molar-refractivity contribution >= 4 is 17.7 Å². The van der Waals surface area contributed by atoms with Crippen LogP contribution in [0.3, 0.4) is 0 Å². The Bertz CT molecular complexity index is 640. The molecule has 9 heteroatoms. The van der Waals surface area contributed by atoms with Gasteiger partial charge in [0.15, 0.2) is 0 Å². The van der Waals surface area contributed by atoms with Crippen molar-refractivity contribution < 1.29 is 19.1 Å². The third-order valence-corrected chi connectivity index (χ3v) is 4.58. The highest BCUT2D eigenvalue weighted by atomic mass is 16.5. The van der Waals surface area contributed by atoms with E-state index in [0.717, 1.165) is 6.42 Å². The van der Waals surface area contributed by atoms with Gasteiger partial charge in [0, 0.05) is 58.0 Å². The van der Waals surface area contributed by atoms with Crippen molar-refractivity contribution in [3.8, 4) is 0 Å². The lowest BCUT2D eigenvalue weighted by Crippen LogP contribution is -2.44. The molecule has 1 aromatic rings. The number of ether oxygens (including phenoxy) is 1. The summed E-state index contributed by atoms with van der Waals surface area (Å²) in [4.78, 5) is 46.4. The van der Waals surface area contributed by atoms with E-state index in [-0.39, 0.29) is 36.1 Å². The van der Waals surface area contributed by atoms with E-state index in [1.165, 1.54) is 18.7 Å². The molecule has 2 heterocycles. The first-order chi connectivity index (χ1) is 13.0. The molecule has 0 aliphatic carbocycles. The summed E-state index contributed by atoms with van der Waals surface area (Å²) in [6, 6.07) is -0.193. The predicted molar refractivity (Wildman–Crippen MR) is 97.8 cm³/mol. The number of rotatable bonds is 6. The van der Waals surface area contributed by atoms with Crippen LogP contribution in [0.5, 0.6) is 0 Å². The number of carbonyl (C=O) groups excluding carboxylic acids is 3. The second kappa shape index (κ2) is 10.6. The van der Waals surface area contributed by atoms with Gasteiger partial charge in [-0.1, -0.05) is 6.42 Å². The fourth-order valence-electron chi connectivity index (χ4n) is 3.05. The van der Waals surface area contributed by atoms with Crippen molar-refractivity contribution in [2.45, 2.75) is 31.7 Å². The monoisotopic (exact) mass is 377 g/mol. The zero-order valence-corrected chi connectivity index (χ0v) is 15.8. The molecular formula is C18H27N5O4. The molecule has 1 aromatic heterocycles. The van der Waals surface area contributed by atoms with Crippen molar-refractivity contribution in [3.05, 3.63) is 24.3 Å². The number of aromatic nitrogens is 2. The van der Waals surface area contributed by atoms with Gasteiger partial charge in [-0.05, 0) is 12.8 Å². The summed E-state index contributed by atoms with van der Waals surface area (Å²) in [5.74, 6) is -0.868. The fourth-order valence-corrected chi connectivity index (χ4v) is 3.05. The topological polar surface area (TPSA) is 114 Å². The largest absolute Gasteiger partial charge is 0.383 e. The molecule has 1 aliphatic rings. The smallest absolute Gasteiger partial charge is 0.254 e. The number of hydrogen-bond acceptors (Lipinski definition) is 6. The summed E-state index contributed by atoms with van der Waals surface area (Å²) in [6.45, 7) is 1.26. The highest BCUT2D eigenvalue weighted by Crippen LogP contribution is 2.19. The number of carbonyl (C=O) groups is 3. The van der Waals surface area contributed by atoms with Crippen LogP contribution in [0.1, 0.15) is 36.0 Å². The van der Waals surface area contributed by atoms with Crippen molar-refractivity contribution in [2.75, 3.05) is 33.9 Å². The number of likely N-dealkylation sites (N-methyl/N-ethyl adjacent to an activating group) is 1. The zero-order valence-electron chi connectivity index (χ0n) is 15.8. The average Bonchev–Trinajstić information content (AvgIpc) is 2.73. The first kappa shape index (κ1) is 20.8. The van der Waals surface area contributed by atoms with Gasteiger partial charge in [0.1, 0.15) is 6.33 Å². The van der Waals surface area contributed by atoms with Gasteiger partial charge in [0.2, 0.25) is 11.8 Å². The Kier molecular flexibility index (Phi) is 8.12. The van der Waals surface area contributed by atoms with E-state index in [2.05, 4.69) is 20.6 Å². The third kappa shape index (κ3) is 6.59. The van der Waals surface area contributed by atoms with Crippen LogP contribution >= 0.6 is 0 Å². The lowest BCUT2D eigenvalue weighted by Gasteiger charge is -2.24. The van der Waals surface area contributed by atoms with Crippen molar-refractivity contribution in [1.82, 2.24) is 25.5 Å². The molecule has 2 atom stereocenters. The van der Waals surface area contributed by atoms with E-state index in [1.807, 2.05) is 0 Å². The maximum atomic E-state index is 12.5. The SMILES string of the molecule is COCCNC(=O)C1CCCC(NC(=O)c2cncnc2)CN(C)C(=O)C1. The molecule has 2 unspecified atom stereocenters. The summed E-state index contributed by atoms with van der Waals surface area (Å²) >= 11 is 0. The van der Waals surface area contributed by atoms with Crippen molar-refractivity contribution in [1.29, 1.82) is 0 Å². The molecule has 2 rings (SSSR count). The van der Waals surface area contributed by atoms with Gasteiger partial charge in [-0.15, -0.1) is 0 Å². The molecule has 1 aliphatic heterocycles.